The molecule has 110 valence electrons. The van der Waals surface area contributed by atoms with Crippen molar-refractivity contribution in [2.75, 3.05) is 0 Å². The number of nitrogens with zero attached hydrogens (tertiary/aromatic N) is 5. The lowest BCUT2D eigenvalue weighted by molar-refractivity contribution is -0.384. The summed E-state index contributed by atoms with van der Waals surface area (Å²) in [6.45, 7) is 3.68. The number of rotatable bonds is 3. The molecule has 3 aromatic rings. The third-order valence-electron chi connectivity index (χ3n) is 3.33. The average molecular weight is 295 g/mol. The Hall–Kier alpha value is -3.09. The maximum Gasteiger partial charge on any atom is 0.271 e. The summed E-state index contributed by atoms with van der Waals surface area (Å²) >= 11 is 0. The molecule has 0 aliphatic carbocycles. The summed E-state index contributed by atoms with van der Waals surface area (Å²) in [7, 11) is 0. The fourth-order valence-electron chi connectivity index (χ4n) is 2.14. The molecule has 0 atom stereocenters. The number of hydrogen-bond donors (Lipinski definition) is 0. The first kappa shape index (κ1) is 13.9. The summed E-state index contributed by atoms with van der Waals surface area (Å²) in [5.41, 5.74) is 2.82. The molecule has 7 nitrogen and oxygen atoms in total. The van der Waals surface area contributed by atoms with E-state index < -0.39 is 4.92 Å². The summed E-state index contributed by atoms with van der Waals surface area (Å²) in [4.78, 5) is 14.8. The van der Waals surface area contributed by atoms with Crippen LogP contribution in [0.3, 0.4) is 0 Å². The molecule has 0 radical (unpaired) electrons. The fraction of sp³-hybridized carbons (Fsp3) is 0.133. The summed E-state index contributed by atoms with van der Waals surface area (Å²) < 4.78 is 1.82. The van der Waals surface area contributed by atoms with Crippen molar-refractivity contribution in [2.24, 2.45) is 10.2 Å². The Kier molecular flexibility index (Phi) is 3.38. The Balaban J connectivity index is 2.05. The molecular formula is C15H13N5O2. The lowest BCUT2D eigenvalue weighted by atomic mass is 10.2. The number of pyridine rings is 1. The van der Waals surface area contributed by atoms with E-state index in [0.29, 0.717) is 11.5 Å². The predicted octanol–water partition coefficient (Wildman–Crippen LogP) is 4.27. The molecule has 2 aromatic heterocycles. The van der Waals surface area contributed by atoms with E-state index in [4.69, 9.17) is 0 Å². The summed E-state index contributed by atoms with van der Waals surface area (Å²) in [6, 6.07) is 10.2. The maximum atomic E-state index is 10.8. The van der Waals surface area contributed by atoms with Crippen molar-refractivity contribution in [3.8, 4) is 0 Å². The van der Waals surface area contributed by atoms with Gasteiger partial charge >= 0.3 is 0 Å². The molecule has 0 fully saturated rings. The molecule has 0 aliphatic heterocycles. The SMILES string of the molecule is Cc1ccc([N+](=O)[O-])cc1N=Nc1c(C)nc2ccccn12. The summed E-state index contributed by atoms with van der Waals surface area (Å²) in [5, 5.41) is 19.2. The fourth-order valence-corrected chi connectivity index (χ4v) is 2.14. The molecule has 2 heterocycles. The highest BCUT2D eigenvalue weighted by Gasteiger charge is 2.10. The molecule has 0 spiro atoms. The van der Waals surface area contributed by atoms with Crippen LogP contribution in [0.4, 0.5) is 17.2 Å². The third kappa shape index (κ3) is 2.44. The number of benzene rings is 1. The molecular weight excluding hydrogens is 282 g/mol. The zero-order valence-electron chi connectivity index (χ0n) is 12.1. The number of imidazole rings is 1. The predicted molar refractivity (Wildman–Crippen MR) is 81.9 cm³/mol. The van der Waals surface area contributed by atoms with Gasteiger partial charge in [0.2, 0.25) is 0 Å². The number of non-ortho nitro benzene ring substituents is 1. The van der Waals surface area contributed by atoms with Crippen LogP contribution in [0.25, 0.3) is 5.65 Å². The van der Waals surface area contributed by atoms with Gasteiger partial charge in [0.25, 0.3) is 5.69 Å². The molecule has 0 bridgehead atoms. The topological polar surface area (TPSA) is 85.2 Å². The van der Waals surface area contributed by atoms with E-state index in [2.05, 4.69) is 15.2 Å². The van der Waals surface area contributed by atoms with Crippen LogP contribution in [0, 0.1) is 24.0 Å². The molecule has 1 aromatic carbocycles. The van der Waals surface area contributed by atoms with Gasteiger partial charge in [0, 0.05) is 18.3 Å². The standard InChI is InChI=1S/C15H13N5O2/c1-10-6-7-12(20(21)22)9-13(10)17-18-15-11(2)16-14-5-3-4-8-19(14)15/h3-9H,1-2H3. The Labute approximate surface area is 126 Å². The van der Waals surface area contributed by atoms with Crippen LogP contribution in [-0.4, -0.2) is 14.3 Å². The minimum Gasteiger partial charge on any atom is -0.283 e. The number of nitro benzene ring substituents is 1. The van der Waals surface area contributed by atoms with Gasteiger partial charge in [0.05, 0.1) is 16.3 Å². The van der Waals surface area contributed by atoms with Gasteiger partial charge in [-0.15, -0.1) is 10.2 Å². The Bertz CT molecular complexity index is 898. The Morgan fingerprint density at radius 1 is 1.18 bits per heavy atom. The molecule has 7 heteroatoms. The molecule has 0 unspecified atom stereocenters. The van der Waals surface area contributed by atoms with Gasteiger partial charge in [0.15, 0.2) is 5.82 Å². The van der Waals surface area contributed by atoms with E-state index in [-0.39, 0.29) is 5.69 Å². The second-order valence-electron chi connectivity index (χ2n) is 4.88. The van der Waals surface area contributed by atoms with E-state index in [9.17, 15) is 10.1 Å². The van der Waals surface area contributed by atoms with Crippen molar-refractivity contribution in [3.05, 3.63) is 64.0 Å². The minimum atomic E-state index is -0.446. The molecule has 3 rings (SSSR count). The Morgan fingerprint density at radius 2 is 2.00 bits per heavy atom. The number of azo groups is 1. The molecule has 22 heavy (non-hydrogen) atoms. The van der Waals surface area contributed by atoms with Crippen LogP contribution in [0.1, 0.15) is 11.3 Å². The van der Waals surface area contributed by atoms with E-state index >= 15 is 0 Å². The van der Waals surface area contributed by atoms with E-state index in [1.54, 1.807) is 6.07 Å². The molecule has 0 aliphatic rings. The van der Waals surface area contributed by atoms with Crippen LogP contribution >= 0.6 is 0 Å². The van der Waals surface area contributed by atoms with Crippen molar-refractivity contribution in [1.82, 2.24) is 9.38 Å². The van der Waals surface area contributed by atoms with E-state index in [1.165, 1.54) is 12.1 Å². The van der Waals surface area contributed by atoms with Crippen molar-refractivity contribution in [3.63, 3.8) is 0 Å². The second kappa shape index (κ2) is 5.36. The van der Waals surface area contributed by atoms with E-state index in [1.807, 2.05) is 42.6 Å². The highest BCUT2D eigenvalue weighted by atomic mass is 16.6. The number of aryl methyl sites for hydroxylation is 2. The van der Waals surface area contributed by atoms with Crippen LogP contribution in [0.15, 0.2) is 52.8 Å². The molecule has 0 saturated heterocycles. The third-order valence-corrected chi connectivity index (χ3v) is 3.33. The molecule has 0 saturated carbocycles. The van der Waals surface area contributed by atoms with Gasteiger partial charge in [-0.3, -0.25) is 14.5 Å². The first-order valence-corrected chi connectivity index (χ1v) is 6.67. The van der Waals surface area contributed by atoms with E-state index in [0.717, 1.165) is 16.9 Å². The van der Waals surface area contributed by atoms with Gasteiger partial charge < -0.3 is 0 Å². The zero-order valence-corrected chi connectivity index (χ0v) is 12.1. The quantitative estimate of drug-likeness (QED) is 0.410. The van der Waals surface area contributed by atoms with Crippen LogP contribution < -0.4 is 0 Å². The maximum absolute atomic E-state index is 10.8. The van der Waals surface area contributed by atoms with Gasteiger partial charge in [-0.05, 0) is 31.5 Å². The normalized spacial score (nSPS) is 11.4. The van der Waals surface area contributed by atoms with Crippen LogP contribution in [0.2, 0.25) is 0 Å². The Morgan fingerprint density at radius 3 is 2.77 bits per heavy atom. The van der Waals surface area contributed by atoms with Crippen molar-refractivity contribution in [1.29, 1.82) is 0 Å². The van der Waals surface area contributed by atoms with Gasteiger partial charge in [-0.2, -0.15) is 0 Å². The number of nitro groups is 1. The van der Waals surface area contributed by atoms with Gasteiger partial charge in [-0.25, -0.2) is 4.98 Å². The van der Waals surface area contributed by atoms with Crippen molar-refractivity contribution in [2.45, 2.75) is 13.8 Å². The highest BCUT2D eigenvalue weighted by molar-refractivity contribution is 5.54. The molecule has 0 N–H and O–H groups in total. The number of aromatic nitrogens is 2. The van der Waals surface area contributed by atoms with Crippen molar-refractivity contribution >= 4 is 22.8 Å². The first-order valence-electron chi connectivity index (χ1n) is 6.67. The van der Waals surface area contributed by atoms with Gasteiger partial charge in [-0.1, -0.05) is 12.1 Å². The first-order chi connectivity index (χ1) is 10.6. The number of hydrogen-bond acceptors (Lipinski definition) is 5. The second-order valence-corrected chi connectivity index (χ2v) is 4.88. The summed E-state index contributed by atoms with van der Waals surface area (Å²) in [5.74, 6) is 0.613. The monoisotopic (exact) mass is 295 g/mol. The molecule has 0 amide bonds. The summed E-state index contributed by atoms with van der Waals surface area (Å²) in [6.07, 6.45) is 1.85. The van der Waals surface area contributed by atoms with Crippen LogP contribution in [-0.2, 0) is 0 Å². The lowest BCUT2D eigenvalue weighted by Crippen LogP contribution is -1.87. The smallest absolute Gasteiger partial charge is 0.271 e. The minimum absolute atomic E-state index is 0.00517. The van der Waals surface area contributed by atoms with Crippen LogP contribution in [0.5, 0.6) is 0 Å². The number of fused-ring (bicyclic) bond motifs is 1. The highest BCUT2D eigenvalue weighted by Crippen LogP contribution is 2.28. The van der Waals surface area contributed by atoms with Gasteiger partial charge in [0.1, 0.15) is 5.65 Å². The zero-order chi connectivity index (χ0) is 15.7. The average Bonchev–Trinajstić information content (AvgIpc) is 2.81. The largest absolute Gasteiger partial charge is 0.283 e. The van der Waals surface area contributed by atoms with Crippen molar-refractivity contribution < 1.29 is 4.92 Å². The lowest BCUT2D eigenvalue weighted by Gasteiger charge is -1.99.